The van der Waals surface area contributed by atoms with Crippen LogP contribution in [0.15, 0.2) is 22.7 Å². The quantitative estimate of drug-likeness (QED) is 0.898. The van der Waals surface area contributed by atoms with Gasteiger partial charge >= 0.3 is 0 Å². The normalized spacial score (nSPS) is 12.6. The summed E-state index contributed by atoms with van der Waals surface area (Å²) in [6.45, 7) is 3.73. The summed E-state index contributed by atoms with van der Waals surface area (Å²) in [6.07, 6.45) is 0. The van der Waals surface area contributed by atoms with Crippen LogP contribution < -0.4 is 11.1 Å². The molecule has 16 heavy (non-hydrogen) atoms. The second-order valence-electron chi connectivity index (χ2n) is 3.88. The van der Waals surface area contributed by atoms with Crippen LogP contribution in [-0.4, -0.2) is 11.9 Å². The van der Waals surface area contributed by atoms with Crippen molar-refractivity contribution in [2.45, 2.75) is 19.9 Å². The number of carbonyl (C=O) groups is 1. The molecular formula is C11H14BrFN2O. The van der Waals surface area contributed by atoms with Gasteiger partial charge in [0.05, 0.1) is 11.7 Å². The van der Waals surface area contributed by atoms with Crippen molar-refractivity contribution in [3.8, 4) is 0 Å². The molecule has 1 atom stereocenters. The first-order valence-electron chi connectivity index (χ1n) is 4.93. The van der Waals surface area contributed by atoms with E-state index in [1.165, 1.54) is 18.2 Å². The third kappa shape index (κ3) is 3.28. The Hall–Kier alpha value is -0.940. The van der Waals surface area contributed by atoms with Crippen LogP contribution in [0.4, 0.5) is 10.1 Å². The first-order valence-corrected chi connectivity index (χ1v) is 5.72. The Morgan fingerprint density at radius 2 is 2.12 bits per heavy atom. The zero-order chi connectivity index (χ0) is 12.3. The summed E-state index contributed by atoms with van der Waals surface area (Å²) < 4.78 is 13.3. The van der Waals surface area contributed by atoms with Gasteiger partial charge in [0, 0.05) is 4.47 Å². The monoisotopic (exact) mass is 288 g/mol. The number of hydrogen-bond donors (Lipinski definition) is 2. The van der Waals surface area contributed by atoms with Crippen molar-refractivity contribution in [1.82, 2.24) is 0 Å². The lowest BCUT2D eigenvalue weighted by Gasteiger charge is -2.16. The summed E-state index contributed by atoms with van der Waals surface area (Å²) >= 11 is 3.17. The van der Waals surface area contributed by atoms with Crippen molar-refractivity contribution in [2.75, 3.05) is 5.32 Å². The molecule has 0 fully saturated rings. The fourth-order valence-electron chi connectivity index (χ4n) is 1.11. The van der Waals surface area contributed by atoms with Crippen LogP contribution in [0.1, 0.15) is 13.8 Å². The van der Waals surface area contributed by atoms with Gasteiger partial charge in [0.15, 0.2) is 0 Å². The minimum absolute atomic E-state index is 0.0548. The van der Waals surface area contributed by atoms with Crippen LogP contribution in [0.2, 0.25) is 0 Å². The molecule has 3 N–H and O–H groups in total. The van der Waals surface area contributed by atoms with E-state index < -0.39 is 6.04 Å². The number of nitrogens with two attached hydrogens (primary N) is 1. The lowest BCUT2D eigenvalue weighted by Crippen LogP contribution is -2.39. The zero-order valence-electron chi connectivity index (χ0n) is 9.13. The molecule has 3 nitrogen and oxygen atoms in total. The molecule has 0 aliphatic heterocycles. The van der Waals surface area contributed by atoms with Crippen molar-refractivity contribution in [3.63, 3.8) is 0 Å². The molecule has 0 radical (unpaired) electrons. The average molecular weight is 289 g/mol. The van der Waals surface area contributed by atoms with E-state index >= 15 is 0 Å². The highest BCUT2D eigenvalue weighted by Gasteiger charge is 2.17. The summed E-state index contributed by atoms with van der Waals surface area (Å²) in [4.78, 5) is 11.6. The molecule has 1 amide bonds. The van der Waals surface area contributed by atoms with Crippen molar-refractivity contribution >= 4 is 27.5 Å². The molecular weight excluding hydrogens is 275 g/mol. The van der Waals surface area contributed by atoms with Gasteiger partial charge in [-0.05, 0) is 40.0 Å². The van der Waals surface area contributed by atoms with Crippen LogP contribution in [-0.2, 0) is 4.79 Å². The number of rotatable bonds is 3. The average Bonchev–Trinajstić information content (AvgIpc) is 2.20. The van der Waals surface area contributed by atoms with Crippen molar-refractivity contribution < 1.29 is 9.18 Å². The summed E-state index contributed by atoms with van der Waals surface area (Å²) in [5.74, 6) is -0.584. The second-order valence-corrected chi connectivity index (χ2v) is 4.74. The SMILES string of the molecule is CC(C)[C@@H](N)C(=O)Nc1ccc(F)cc1Br. The highest BCUT2D eigenvalue weighted by Crippen LogP contribution is 2.23. The molecule has 1 rings (SSSR count). The fraction of sp³-hybridized carbons (Fsp3) is 0.364. The molecule has 0 bridgehead atoms. The van der Waals surface area contributed by atoms with E-state index in [2.05, 4.69) is 21.2 Å². The molecule has 0 saturated heterocycles. The Morgan fingerprint density at radius 1 is 1.50 bits per heavy atom. The van der Waals surface area contributed by atoms with Gasteiger partial charge in [-0.2, -0.15) is 0 Å². The third-order valence-corrected chi connectivity index (χ3v) is 2.87. The van der Waals surface area contributed by atoms with Gasteiger partial charge in [0.1, 0.15) is 5.82 Å². The summed E-state index contributed by atoms with van der Waals surface area (Å²) in [5, 5.41) is 2.64. The Kier molecular flexibility index (Phi) is 4.44. The van der Waals surface area contributed by atoms with E-state index in [0.29, 0.717) is 10.2 Å². The lowest BCUT2D eigenvalue weighted by molar-refractivity contribution is -0.118. The molecule has 1 aromatic rings. The third-order valence-electron chi connectivity index (χ3n) is 2.21. The summed E-state index contributed by atoms with van der Waals surface area (Å²) in [7, 11) is 0. The highest BCUT2D eigenvalue weighted by molar-refractivity contribution is 9.10. The maximum absolute atomic E-state index is 12.8. The predicted molar refractivity (Wildman–Crippen MR) is 65.5 cm³/mol. The van der Waals surface area contributed by atoms with Crippen LogP contribution in [0.25, 0.3) is 0 Å². The number of carbonyl (C=O) groups excluding carboxylic acids is 1. The van der Waals surface area contributed by atoms with E-state index in [0.717, 1.165) is 0 Å². The van der Waals surface area contributed by atoms with Gasteiger partial charge in [-0.25, -0.2) is 4.39 Å². The maximum Gasteiger partial charge on any atom is 0.241 e. The molecule has 0 heterocycles. The minimum Gasteiger partial charge on any atom is -0.324 e. The second kappa shape index (κ2) is 5.41. The standard InChI is InChI=1S/C11H14BrFN2O/c1-6(2)10(14)11(16)15-9-4-3-7(13)5-8(9)12/h3-6,10H,14H2,1-2H3,(H,15,16)/t10-/m1/s1. The molecule has 1 aromatic carbocycles. The molecule has 88 valence electrons. The molecule has 0 unspecified atom stereocenters. The van der Waals surface area contributed by atoms with Gasteiger partial charge in [-0.3, -0.25) is 4.79 Å². The van der Waals surface area contributed by atoms with Crippen molar-refractivity contribution in [2.24, 2.45) is 11.7 Å². The number of benzene rings is 1. The minimum atomic E-state index is -0.572. The number of nitrogens with one attached hydrogen (secondary N) is 1. The number of amides is 1. The lowest BCUT2D eigenvalue weighted by atomic mass is 10.1. The maximum atomic E-state index is 12.8. The van der Waals surface area contributed by atoms with Crippen molar-refractivity contribution in [1.29, 1.82) is 0 Å². The smallest absolute Gasteiger partial charge is 0.241 e. The Morgan fingerprint density at radius 3 is 2.62 bits per heavy atom. The van der Waals surface area contributed by atoms with Gasteiger partial charge in [-0.15, -0.1) is 0 Å². The van der Waals surface area contributed by atoms with Crippen LogP contribution in [0.3, 0.4) is 0 Å². The fourth-order valence-corrected chi connectivity index (χ4v) is 1.56. The number of hydrogen-bond acceptors (Lipinski definition) is 2. The Labute approximate surface area is 102 Å². The number of anilines is 1. The molecule has 0 aromatic heterocycles. The number of halogens is 2. The topological polar surface area (TPSA) is 55.1 Å². The van der Waals surface area contributed by atoms with E-state index in [1.807, 2.05) is 13.8 Å². The van der Waals surface area contributed by atoms with Crippen molar-refractivity contribution in [3.05, 3.63) is 28.5 Å². The first-order chi connectivity index (χ1) is 7.41. The van der Waals surface area contributed by atoms with Gasteiger partial charge in [0.25, 0.3) is 0 Å². The first kappa shape index (κ1) is 13.1. The van der Waals surface area contributed by atoms with E-state index in [1.54, 1.807) is 0 Å². The zero-order valence-corrected chi connectivity index (χ0v) is 10.7. The van der Waals surface area contributed by atoms with E-state index in [9.17, 15) is 9.18 Å². The van der Waals surface area contributed by atoms with Crippen LogP contribution in [0.5, 0.6) is 0 Å². The Balaban J connectivity index is 2.77. The van der Waals surface area contributed by atoms with Crippen LogP contribution in [0, 0.1) is 11.7 Å². The van der Waals surface area contributed by atoms with Gasteiger partial charge in [-0.1, -0.05) is 13.8 Å². The molecule has 5 heteroatoms. The molecule has 0 aliphatic carbocycles. The predicted octanol–water partition coefficient (Wildman–Crippen LogP) is 2.51. The van der Waals surface area contributed by atoms with Gasteiger partial charge in [0.2, 0.25) is 5.91 Å². The molecule has 0 spiro atoms. The molecule has 0 aliphatic rings. The van der Waals surface area contributed by atoms with E-state index in [4.69, 9.17) is 5.73 Å². The summed E-state index contributed by atoms with van der Waals surface area (Å²) in [5.41, 5.74) is 6.20. The Bertz CT molecular complexity index is 396. The molecule has 0 saturated carbocycles. The van der Waals surface area contributed by atoms with Crippen LogP contribution >= 0.6 is 15.9 Å². The van der Waals surface area contributed by atoms with E-state index in [-0.39, 0.29) is 17.6 Å². The highest BCUT2D eigenvalue weighted by atomic mass is 79.9. The largest absolute Gasteiger partial charge is 0.324 e. The summed E-state index contributed by atoms with van der Waals surface area (Å²) in [6, 6.07) is 3.49. The van der Waals surface area contributed by atoms with Gasteiger partial charge < -0.3 is 11.1 Å².